The summed E-state index contributed by atoms with van der Waals surface area (Å²) in [5.74, 6) is 2.22. The molecular weight excluding hydrogens is 442 g/mol. The van der Waals surface area contributed by atoms with Crippen LogP contribution in [0, 0.1) is 0 Å². The van der Waals surface area contributed by atoms with E-state index in [-0.39, 0.29) is 11.3 Å². The number of aromatic nitrogens is 2. The monoisotopic (exact) mass is 471 g/mol. The maximum Gasteiger partial charge on any atom is 0.257 e. The van der Waals surface area contributed by atoms with Crippen molar-refractivity contribution >= 4 is 23.4 Å². The molecule has 0 fully saturated rings. The number of nitrogens with zero attached hydrogens (tertiary/aromatic N) is 1. The number of hydrogen-bond donors (Lipinski definition) is 2. The molecule has 0 amide bonds. The van der Waals surface area contributed by atoms with Gasteiger partial charge in [-0.15, -0.1) is 0 Å². The molecule has 2 heterocycles. The molecule has 0 bridgehead atoms. The molecule has 1 unspecified atom stereocenters. The number of unbranched alkanes of at least 4 members (excludes halogenated alkanes) is 1. The number of Topliss-reactive ketones (excluding diaryl/α,β-unsaturated/α-hetero) is 1. The van der Waals surface area contributed by atoms with Gasteiger partial charge in [-0.2, -0.15) is 0 Å². The quantitative estimate of drug-likeness (QED) is 0.335. The topological polar surface area (TPSA) is 103 Å². The van der Waals surface area contributed by atoms with Crippen molar-refractivity contribution in [3.8, 4) is 17.2 Å². The maximum atomic E-state index is 13.3. The summed E-state index contributed by atoms with van der Waals surface area (Å²) in [5, 5.41) is 3.89. The Labute approximate surface area is 197 Å². The Morgan fingerprint density at radius 3 is 2.45 bits per heavy atom. The van der Waals surface area contributed by atoms with E-state index in [0.717, 1.165) is 37.1 Å². The van der Waals surface area contributed by atoms with Crippen LogP contribution in [0.4, 0.5) is 5.82 Å². The predicted octanol–water partition coefficient (Wildman–Crippen LogP) is 4.25. The fourth-order valence-electron chi connectivity index (χ4n) is 4.42. The van der Waals surface area contributed by atoms with E-state index < -0.39 is 5.92 Å². The molecule has 33 heavy (non-hydrogen) atoms. The summed E-state index contributed by atoms with van der Waals surface area (Å²) in [7, 11) is 4.63. The minimum absolute atomic E-state index is 0.0361. The van der Waals surface area contributed by atoms with E-state index in [0.29, 0.717) is 51.3 Å². The van der Waals surface area contributed by atoms with Gasteiger partial charge in [0.2, 0.25) is 5.75 Å². The summed E-state index contributed by atoms with van der Waals surface area (Å²) >= 11 is 1.53. The lowest BCUT2D eigenvalue weighted by atomic mass is 9.76. The van der Waals surface area contributed by atoms with Gasteiger partial charge in [0, 0.05) is 29.4 Å². The Morgan fingerprint density at radius 1 is 1.09 bits per heavy atom. The van der Waals surface area contributed by atoms with Crippen molar-refractivity contribution in [2.75, 3.05) is 32.4 Å². The molecule has 176 valence electrons. The van der Waals surface area contributed by atoms with Crippen LogP contribution in [0.25, 0.3) is 0 Å². The number of thioether (sulfide) groups is 1. The number of fused-ring (bicyclic) bond motifs is 1. The molecule has 1 aromatic heterocycles. The van der Waals surface area contributed by atoms with Crippen LogP contribution < -0.4 is 25.1 Å². The van der Waals surface area contributed by atoms with E-state index in [1.807, 2.05) is 0 Å². The smallest absolute Gasteiger partial charge is 0.257 e. The number of allylic oxidation sites excluding steroid dienone is 2. The fourth-order valence-corrected chi connectivity index (χ4v) is 5.37. The van der Waals surface area contributed by atoms with E-state index in [1.165, 1.54) is 18.9 Å². The predicted molar refractivity (Wildman–Crippen MR) is 128 cm³/mol. The molecule has 0 spiro atoms. The number of methoxy groups -OCH3 is 3. The van der Waals surface area contributed by atoms with E-state index in [1.54, 1.807) is 26.4 Å². The molecule has 2 aliphatic rings. The highest BCUT2D eigenvalue weighted by Gasteiger charge is 2.38. The zero-order chi connectivity index (χ0) is 23.5. The molecular formula is C24H29N3O5S. The molecule has 4 rings (SSSR count). The van der Waals surface area contributed by atoms with Gasteiger partial charge < -0.3 is 24.5 Å². The highest BCUT2D eigenvalue weighted by atomic mass is 32.2. The average molecular weight is 472 g/mol. The first-order chi connectivity index (χ1) is 16.0. The van der Waals surface area contributed by atoms with Crippen molar-refractivity contribution in [3.63, 3.8) is 0 Å². The summed E-state index contributed by atoms with van der Waals surface area (Å²) in [6, 6.07) is 3.61. The highest BCUT2D eigenvalue weighted by Crippen LogP contribution is 2.47. The second-order valence-electron chi connectivity index (χ2n) is 8.02. The lowest BCUT2D eigenvalue weighted by Gasteiger charge is -2.33. The van der Waals surface area contributed by atoms with Crippen LogP contribution in [-0.2, 0) is 4.79 Å². The van der Waals surface area contributed by atoms with Gasteiger partial charge >= 0.3 is 0 Å². The number of ether oxygens (including phenoxy) is 3. The molecule has 1 aromatic carbocycles. The Bertz CT molecular complexity index is 1130. The average Bonchev–Trinajstić information content (AvgIpc) is 2.82. The Morgan fingerprint density at radius 2 is 1.82 bits per heavy atom. The van der Waals surface area contributed by atoms with Crippen molar-refractivity contribution in [3.05, 3.63) is 44.9 Å². The molecule has 0 radical (unpaired) electrons. The Kier molecular flexibility index (Phi) is 6.97. The third kappa shape index (κ3) is 4.34. The molecule has 1 aliphatic carbocycles. The molecule has 1 aliphatic heterocycles. The lowest BCUT2D eigenvalue weighted by molar-refractivity contribution is -0.116. The van der Waals surface area contributed by atoms with E-state index in [4.69, 9.17) is 19.2 Å². The van der Waals surface area contributed by atoms with Crippen LogP contribution in [0.15, 0.2) is 33.4 Å². The van der Waals surface area contributed by atoms with Crippen LogP contribution in [0.2, 0.25) is 0 Å². The number of ketones is 1. The first-order valence-electron chi connectivity index (χ1n) is 11.1. The fraction of sp³-hybridized carbons (Fsp3) is 0.458. The molecule has 2 N–H and O–H groups in total. The third-order valence-electron chi connectivity index (χ3n) is 5.99. The summed E-state index contributed by atoms with van der Waals surface area (Å²) < 4.78 is 16.5. The molecule has 8 nitrogen and oxygen atoms in total. The first-order valence-corrected chi connectivity index (χ1v) is 12.1. The summed E-state index contributed by atoms with van der Waals surface area (Å²) in [6.07, 6.45) is 4.06. The third-order valence-corrected chi connectivity index (χ3v) is 6.95. The highest BCUT2D eigenvalue weighted by molar-refractivity contribution is 7.99. The summed E-state index contributed by atoms with van der Waals surface area (Å²) in [5.41, 5.74) is 2.34. The summed E-state index contributed by atoms with van der Waals surface area (Å²) in [6.45, 7) is 2.13. The van der Waals surface area contributed by atoms with Gasteiger partial charge in [-0.25, -0.2) is 4.98 Å². The second kappa shape index (κ2) is 9.91. The largest absolute Gasteiger partial charge is 0.493 e. The normalized spacial score (nSPS) is 17.2. The number of carbonyl (C=O) groups excluding carboxylic acids is 1. The maximum absolute atomic E-state index is 13.3. The van der Waals surface area contributed by atoms with Gasteiger partial charge in [0.05, 0.1) is 26.9 Å². The van der Waals surface area contributed by atoms with Gasteiger partial charge in [0.25, 0.3) is 5.56 Å². The number of nitrogens with one attached hydrogen (secondary N) is 2. The van der Waals surface area contributed by atoms with E-state index >= 15 is 0 Å². The second-order valence-corrected chi connectivity index (χ2v) is 9.10. The molecule has 2 aromatic rings. The minimum Gasteiger partial charge on any atom is -0.493 e. The van der Waals surface area contributed by atoms with Crippen molar-refractivity contribution in [2.24, 2.45) is 0 Å². The molecule has 9 heteroatoms. The van der Waals surface area contributed by atoms with E-state index in [2.05, 4.69) is 17.2 Å². The van der Waals surface area contributed by atoms with Crippen LogP contribution in [-0.4, -0.2) is 42.8 Å². The van der Waals surface area contributed by atoms with Gasteiger partial charge in [-0.1, -0.05) is 25.1 Å². The molecule has 1 atom stereocenters. The SMILES string of the molecule is CCCCSc1nc2c(c(=O)[nH]1)C(c1cc(OC)c(OC)c(OC)c1)C1=C(CCCC1=O)N2. The number of benzene rings is 1. The van der Waals surface area contributed by atoms with Crippen LogP contribution in [0.5, 0.6) is 17.2 Å². The first kappa shape index (κ1) is 23.2. The number of hydrogen-bond acceptors (Lipinski definition) is 8. The number of rotatable bonds is 8. The number of anilines is 1. The number of aromatic amines is 1. The molecule has 0 saturated heterocycles. The number of carbonyl (C=O) groups is 1. The number of H-pyrrole nitrogens is 1. The van der Waals surface area contributed by atoms with Gasteiger partial charge in [-0.05, 0) is 37.0 Å². The van der Waals surface area contributed by atoms with Crippen LogP contribution in [0.1, 0.15) is 56.1 Å². The Hall–Kier alpha value is -2.94. The Balaban J connectivity index is 1.91. The van der Waals surface area contributed by atoms with Gasteiger partial charge in [0.15, 0.2) is 22.4 Å². The standard InChI is InChI=1S/C24H29N3O5S/c1-5-6-10-33-24-26-22-20(23(29)27-24)18(19-14(25-22)8-7-9-15(19)28)13-11-16(30-2)21(32-4)17(12-13)31-3/h11-12,18H,5-10H2,1-4H3,(H2,25,26,27,29). The zero-order valence-electron chi connectivity index (χ0n) is 19.4. The van der Waals surface area contributed by atoms with Crippen LogP contribution >= 0.6 is 11.8 Å². The van der Waals surface area contributed by atoms with Gasteiger partial charge in [0.1, 0.15) is 5.82 Å². The van der Waals surface area contributed by atoms with Crippen molar-refractivity contribution in [1.29, 1.82) is 0 Å². The van der Waals surface area contributed by atoms with Crippen molar-refractivity contribution < 1.29 is 19.0 Å². The van der Waals surface area contributed by atoms with Crippen molar-refractivity contribution in [2.45, 2.75) is 50.1 Å². The van der Waals surface area contributed by atoms with Crippen LogP contribution in [0.3, 0.4) is 0 Å². The minimum atomic E-state index is -0.580. The van der Waals surface area contributed by atoms with Crippen molar-refractivity contribution in [1.82, 2.24) is 9.97 Å². The summed E-state index contributed by atoms with van der Waals surface area (Å²) in [4.78, 5) is 34.1. The lowest BCUT2D eigenvalue weighted by Crippen LogP contribution is -2.32. The zero-order valence-corrected chi connectivity index (χ0v) is 20.2. The van der Waals surface area contributed by atoms with Gasteiger partial charge in [-0.3, -0.25) is 9.59 Å². The van der Waals surface area contributed by atoms with E-state index in [9.17, 15) is 9.59 Å². The molecule has 0 saturated carbocycles.